The first-order valence-corrected chi connectivity index (χ1v) is 10.3. The summed E-state index contributed by atoms with van der Waals surface area (Å²) in [6, 6.07) is 15.0. The number of benzene rings is 2. The average Bonchev–Trinajstić information content (AvgIpc) is 3.37. The number of para-hydroxylation sites is 1. The van der Waals surface area contributed by atoms with Crippen LogP contribution in [0.15, 0.2) is 54.7 Å². The highest BCUT2D eigenvalue weighted by Crippen LogP contribution is 2.36. The second-order valence-corrected chi connectivity index (χ2v) is 7.75. The monoisotopic (exact) mass is 402 g/mol. The third-order valence-corrected chi connectivity index (χ3v) is 5.52. The van der Waals surface area contributed by atoms with E-state index in [1.807, 2.05) is 31.2 Å². The summed E-state index contributed by atoms with van der Waals surface area (Å²) in [6.45, 7) is 2.05. The molecule has 0 spiro atoms. The van der Waals surface area contributed by atoms with Crippen LogP contribution in [0, 0.1) is 12.7 Å². The maximum Gasteiger partial charge on any atom is 0.229 e. The Morgan fingerprint density at radius 2 is 1.83 bits per heavy atom. The standard InChI is InChI=1S/C23H23FN6/c1-15-7-6-8-16(13-15)26-22-25-14-20-21(29-22)30(17-9-2-3-10-17)23(28-20)27-19-12-5-4-11-18(19)24/h4-8,11-14,17H,2-3,9-10H2,1H3,(H,27,28)(H,25,26,29). The summed E-state index contributed by atoms with van der Waals surface area (Å²) < 4.78 is 16.4. The third-order valence-electron chi connectivity index (χ3n) is 5.52. The molecular weight excluding hydrogens is 379 g/mol. The molecule has 2 aromatic heterocycles. The Labute approximate surface area is 174 Å². The molecule has 30 heavy (non-hydrogen) atoms. The fraction of sp³-hybridized carbons (Fsp3) is 0.261. The van der Waals surface area contributed by atoms with E-state index in [1.165, 1.54) is 18.9 Å². The second kappa shape index (κ2) is 7.74. The molecule has 1 aliphatic carbocycles. The molecule has 1 aliphatic rings. The lowest BCUT2D eigenvalue weighted by Crippen LogP contribution is -2.10. The van der Waals surface area contributed by atoms with E-state index in [9.17, 15) is 4.39 Å². The summed E-state index contributed by atoms with van der Waals surface area (Å²) in [6.07, 6.45) is 6.18. The molecule has 152 valence electrons. The van der Waals surface area contributed by atoms with Crippen molar-refractivity contribution in [1.82, 2.24) is 19.5 Å². The molecule has 2 aromatic carbocycles. The van der Waals surface area contributed by atoms with Gasteiger partial charge in [-0.25, -0.2) is 14.4 Å². The maximum atomic E-state index is 14.2. The fourth-order valence-corrected chi connectivity index (χ4v) is 4.08. The second-order valence-electron chi connectivity index (χ2n) is 7.75. The van der Waals surface area contributed by atoms with Gasteiger partial charge < -0.3 is 10.6 Å². The molecule has 2 heterocycles. The van der Waals surface area contributed by atoms with Gasteiger partial charge in [-0.1, -0.05) is 37.1 Å². The molecule has 1 fully saturated rings. The van der Waals surface area contributed by atoms with Crippen LogP contribution in [-0.4, -0.2) is 19.5 Å². The molecule has 0 saturated heterocycles. The number of aryl methyl sites for hydroxylation is 1. The number of rotatable bonds is 5. The van der Waals surface area contributed by atoms with Crippen molar-refractivity contribution < 1.29 is 4.39 Å². The molecule has 4 aromatic rings. The van der Waals surface area contributed by atoms with Crippen molar-refractivity contribution in [2.24, 2.45) is 0 Å². The van der Waals surface area contributed by atoms with E-state index in [0.717, 1.165) is 29.7 Å². The van der Waals surface area contributed by atoms with Gasteiger partial charge >= 0.3 is 0 Å². The van der Waals surface area contributed by atoms with Gasteiger partial charge in [0.2, 0.25) is 11.9 Å². The zero-order valence-electron chi connectivity index (χ0n) is 16.8. The van der Waals surface area contributed by atoms with Gasteiger partial charge in [0.1, 0.15) is 11.3 Å². The lowest BCUT2D eigenvalue weighted by molar-refractivity contribution is 0.535. The molecule has 0 atom stereocenters. The minimum atomic E-state index is -0.310. The van der Waals surface area contributed by atoms with E-state index in [4.69, 9.17) is 4.98 Å². The average molecular weight is 402 g/mol. The van der Waals surface area contributed by atoms with Crippen LogP contribution in [0.4, 0.5) is 27.7 Å². The highest BCUT2D eigenvalue weighted by Gasteiger charge is 2.24. The first-order chi connectivity index (χ1) is 14.7. The van der Waals surface area contributed by atoms with Crippen LogP contribution in [0.1, 0.15) is 37.3 Å². The van der Waals surface area contributed by atoms with E-state index in [1.54, 1.807) is 24.4 Å². The van der Waals surface area contributed by atoms with E-state index in [-0.39, 0.29) is 11.9 Å². The Kier molecular flexibility index (Phi) is 4.78. The number of imidazole rings is 1. The summed E-state index contributed by atoms with van der Waals surface area (Å²) >= 11 is 0. The van der Waals surface area contributed by atoms with E-state index < -0.39 is 0 Å². The SMILES string of the molecule is Cc1cccc(Nc2ncc3nc(Nc4ccccc4F)n(C4CCCC4)c3n2)c1. The molecule has 2 N–H and O–H groups in total. The van der Waals surface area contributed by atoms with Crippen LogP contribution in [0.25, 0.3) is 11.2 Å². The van der Waals surface area contributed by atoms with Crippen LogP contribution in [0.3, 0.4) is 0 Å². The molecule has 0 bridgehead atoms. The number of nitrogens with one attached hydrogen (secondary N) is 2. The molecular formula is C23H23FN6. The van der Waals surface area contributed by atoms with Crippen molar-refractivity contribution in [3.63, 3.8) is 0 Å². The smallest absolute Gasteiger partial charge is 0.229 e. The van der Waals surface area contributed by atoms with Crippen LogP contribution in [-0.2, 0) is 0 Å². The Morgan fingerprint density at radius 3 is 2.63 bits per heavy atom. The normalized spacial score (nSPS) is 14.3. The molecule has 5 rings (SSSR count). The topological polar surface area (TPSA) is 67.7 Å². The molecule has 0 unspecified atom stereocenters. The molecule has 0 aliphatic heterocycles. The van der Waals surface area contributed by atoms with Crippen LogP contribution in [0.2, 0.25) is 0 Å². The lowest BCUT2D eigenvalue weighted by atomic mass is 10.2. The predicted octanol–water partition coefficient (Wildman–Crippen LogP) is 5.88. The number of halogens is 1. The molecule has 1 saturated carbocycles. The van der Waals surface area contributed by atoms with Gasteiger partial charge in [0.15, 0.2) is 5.65 Å². The van der Waals surface area contributed by atoms with E-state index in [0.29, 0.717) is 23.1 Å². The summed E-state index contributed by atoms with van der Waals surface area (Å²) in [7, 11) is 0. The highest BCUT2D eigenvalue weighted by atomic mass is 19.1. The summed E-state index contributed by atoms with van der Waals surface area (Å²) in [5.41, 5.74) is 3.94. The van der Waals surface area contributed by atoms with Gasteiger partial charge in [0.05, 0.1) is 11.9 Å². The highest BCUT2D eigenvalue weighted by molar-refractivity contribution is 5.77. The van der Waals surface area contributed by atoms with E-state index in [2.05, 4.69) is 25.2 Å². The zero-order chi connectivity index (χ0) is 20.5. The predicted molar refractivity (Wildman–Crippen MR) is 117 cm³/mol. The first-order valence-electron chi connectivity index (χ1n) is 10.3. The Hall–Kier alpha value is -3.48. The zero-order valence-corrected chi connectivity index (χ0v) is 16.8. The van der Waals surface area contributed by atoms with Gasteiger partial charge in [0, 0.05) is 11.7 Å². The number of aromatic nitrogens is 4. The third kappa shape index (κ3) is 3.58. The van der Waals surface area contributed by atoms with Crippen molar-refractivity contribution in [3.05, 3.63) is 66.1 Å². The maximum absolute atomic E-state index is 14.2. The van der Waals surface area contributed by atoms with Gasteiger partial charge in [-0.15, -0.1) is 0 Å². The van der Waals surface area contributed by atoms with Crippen molar-refractivity contribution >= 4 is 34.4 Å². The van der Waals surface area contributed by atoms with Crippen molar-refractivity contribution in [3.8, 4) is 0 Å². The molecule has 6 nitrogen and oxygen atoms in total. The van der Waals surface area contributed by atoms with E-state index >= 15 is 0 Å². The Balaban J connectivity index is 1.56. The van der Waals surface area contributed by atoms with Crippen LogP contribution < -0.4 is 10.6 Å². The van der Waals surface area contributed by atoms with Crippen molar-refractivity contribution in [1.29, 1.82) is 0 Å². The molecule has 7 heteroatoms. The first kappa shape index (κ1) is 18.5. The fourth-order valence-electron chi connectivity index (χ4n) is 4.08. The van der Waals surface area contributed by atoms with Crippen LogP contribution >= 0.6 is 0 Å². The van der Waals surface area contributed by atoms with Crippen molar-refractivity contribution in [2.75, 3.05) is 10.6 Å². The minimum Gasteiger partial charge on any atom is -0.324 e. The quantitative estimate of drug-likeness (QED) is 0.437. The number of anilines is 4. The largest absolute Gasteiger partial charge is 0.324 e. The van der Waals surface area contributed by atoms with Gasteiger partial charge in [-0.05, 0) is 49.6 Å². The summed E-state index contributed by atoms with van der Waals surface area (Å²) in [4.78, 5) is 13.9. The van der Waals surface area contributed by atoms with Crippen LogP contribution in [0.5, 0.6) is 0 Å². The van der Waals surface area contributed by atoms with Gasteiger partial charge in [0.25, 0.3) is 0 Å². The lowest BCUT2D eigenvalue weighted by Gasteiger charge is -2.17. The number of fused-ring (bicyclic) bond motifs is 1. The summed E-state index contributed by atoms with van der Waals surface area (Å²) in [5.74, 6) is 0.809. The molecule has 0 amide bonds. The van der Waals surface area contributed by atoms with Gasteiger partial charge in [-0.3, -0.25) is 4.57 Å². The number of hydrogen-bond donors (Lipinski definition) is 2. The minimum absolute atomic E-state index is 0.283. The molecule has 0 radical (unpaired) electrons. The number of hydrogen-bond acceptors (Lipinski definition) is 5. The number of nitrogens with zero attached hydrogens (tertiary/aromatic N) is 4. The van der Waals surface area contributed by atoms with Crippen molar-refractivity contribution in [2.45, 2.75) is 38.6 Å². The summed E-state index contributed by atoms with van der Waals surface area (Å²) in [5, 5.41) is 6.45. The Morgan fingerprint density at radius 1 is 1.00 bits per heavy atom. The van der Waals surface area contributed by atoms with Gasteiger partial charge in [-0.2, -0.15) is 4.98 Å². The Bertz CT molecular complexity index is 1200.